The predicted molar refractivity (Wildman–Crippen MR) is 156 cm³/mol. The van der Waals surface area contributed by atoms with E-state index in [1.807, 2.05) is 51.1 Å². The standard InChI is InChI=1S/C30H28Cl2N2O5S/c1-17-18(2)28-25(19(3)27(17)38-16-23-10-6-20-5-7-22(32)15-26(20)33-23)13-14-30(4,39-28)29(35)34-40(36,37)24-11-8-21(31)9-12-24/h5-12,15H,13-14,16H2,1-4H3,(H,34,35). The number of rotatable bonds is 6. The van der Waals surface area contributed by atoms with Gasteiger partial charge in [-0.1, -0.05) is 35.3 Å². The summed E-state index contributed by atoms with van der Waals surface area (Å²) in [5.74, 6) is 0.588. The summed E-state index contributed by atoms with van der Waals surface area (Å²) in [4.78, 5) is 17.8. The zero-order valence-electron chi connectivity index (χ0n) is 22.5. The van der Waals surface area contributed by atoms with Gasteiger partial charge in [-0.3, -0.25) is 4.79 Å². The van der Waals surface area contributed by atoms with Crippen LogP contribution >= 0.6 is 23.2 Å². The lowest BCUT2D eigenvalue weighted by molar-refractivity contribution is -0.134. The first-order chi connectivity index (χ1) is 18.9. The highest BCUT2D eigenvalue weighted by atomic mass is 35.5. The fourth-order valence-corrected chi connectivity index (χ4v) is 6.24. The predicted octanol–water partition coefficient (Wildman–Crippen LogP) is 6.63. The van der Waals surface area contributed by atoms with Crippen LogP contribution < -0.4 is 14.2 Å². The Morgan fingerprint density at radius 3 is 2.40 bits per heavy atom. The average Bonchev–Trinajstić information content (AvgIpc) is 2.91. The summed E-state index contributed by atoms with van der Waals surface area (Å²) in [6.07, 6.45) is 0.800. The number of fused-ring (bicyclic) bond motifs is 2. The van der Waals surface area contributed by atoms with Gasteiger partial charge in [-0.15, -0.1) is 0 Å². The van der Waals surface area contributed by atoms with E-state index in [2.05, 4.69) is 9.71 Å². The highest BCUT2D eigenvalue weighted by molar-refractivity contribution is 7.90. The lowest BCUT2D eigenvalue weighted by atomic mass is 9.87. The molecule has 0 fully saturated rings. The largest absolute Gasteiger partial charge is 0.487 e. The number of sulfonamides is 1. The third-order valence-corrected chi connectivity index (χ3v) is 9.23. The quantitative estimate of drug-likeness (QED) is 0.267. The maximum atomic E-state index is 13.2. The zero-order chi connectivity index (χ0) is 28.8. The van der Waals surface area contributed by atoms with Crippen molar-refractivity contribution in [1.82, 2.24) is 9.71 Å². The average molecular weight is 600 g/mol. The lowest BCUT2D eigenvalue weighted by Crippen LogP contribution is -2.52. The van der Waals surface area contributed by atoms with E-state index >= 15 is 0 Å². The lowest BCUT2D eigenvalue weighted by Gasteiger charge is -2.36. The number of nitrogens with one attached hydrogen (secondary N) is 1. The first-order valence-electron chi connectivity index (χ1n) is 12.7. The molecule has 40 heavy (non-hydrogen) atoms. The van der Waals surface area contributed by atoms with Crippen LogP contribution in [0.25, 0.3) is 10.9 Å². The molecule has 4 aromatic rings. The Kier molecular flexibility index (Phi) is 7.46. The molecule has 7 nitrogen and oxygen atoms in total. The molecule has 208 valence electrons. The number of nitrogens with zero attached hydrogens (tertiary/aromatic N) is 1. The Labute approximate surface area is 243 Å². The number of aromatic nitrogens is 1. The van der Waals surface area contributed by atoms with Crippen LogP contribution in [0.3, 0.4) is 0 Å². The highest BCUT2D eigenvalue weighted by Gasteiger charge is 2.42. The van der Waals surface area contributed by atoms with Crippen molar-refractivity contribution in [2.45, 2.75) is 57.6 Å². The molecular weight excluding hydrogens is 571 g/mol. The van der Waals surface area contributed by atoms with E-state index in [4.69, 9.17) is 32.7 Å². The van der Waals surface area contributed by atoms with Gasteiger partial charge in [0.05, 0.1) is 16.1 Å². The summed E-state index contributed by atoms with van der Waals surface area (Å²) >= 11 is 12.0. The van der Waals surface area contributed by atoms with Gasteiger partial charge < -0.3 is 9.47 Å². The molecule has 1 atom stereocenters. The molecule has 10 heteroatoms. The Morgan fingerprint density at radius 1 is 1.00 bits per heavy atom. The van der Waals surface area contributed by atoms with Crippen LogP contribution in [0.1, 0.15) is 41.3 Å². The van der Waals surface area contributed by atoms with Crippen molar-refractivity contribution in [3.05, 3.63) is 92.6 Å². The molecule has 1 aromatic heterocycles. The van der Waals surface area contributed by atoms with Gasteiger partial charge >= 0.3 is 0 Å². The van der Waals surface area contributed by atoms with Gasteiger partial charge in [-0.2, -0.15) is 0 Å². The summed E-state index contributed by atoms with van der Waals surface area (Å²) in [5.41, 5.74) is 3.74. The molecule has 3 aromatic carbocycles. The number of benzene rings is 3. The van der Waals surface area contributed by atoms with Crippen LogP contribution in [-0.4, -0.2) is 24.9 Å². The van der Waals surface area contributed by atoms with Crippen LogP contribution in [0.5, 0.6) is 11.5 Å². The van der Waals surface area contributed by atoms with E-state index in [1.165, 1.54) is 24.3 Å². The number of carbonyl (C=O) groups is 1. The number of hydrogen-bond acceptors (Lipinski definition) is 6. The van der Waals surface area contributed by atoms with Gasteiger partial charge in [0.1, 0.15) is 18.1 Å². The molecule has 1 aliphatic heterocycles. The molecule has 0 bridgehead atoms. The smallest absolute Gasteiger partial charge is 0.277 e. The summed E-state index contributed by atoms with van der Waals surface area (Å²) < 4.78 is 40.4. The van der Waals surface area contributed by atoms with Crippen LogP contribution in [-0.2, 0) is 27.8 Å². The number of pyridine rings is 1. The van der Waals surface area contributed by atoms with Gasteiger partial charge in [-0.05, 0) is 93.3 Å². The molecule has 5 rings (SSSR count). The topological polar surface area (TPSA) is 94.6 Å². The maximum absolute atomic E-state index is 13.2. The van der Waals surface area contributed by atoms with E-state index in [-0.39, 0.29) is 17.9 Å². The molecule has 1 aliphatic rings. The number of halogens is 2. The van der Waals surface area contributed by atoms with Crippen molar-refractivity contribution in [1.29, 1.82) is 0 Å². The summed E-state index contributed by atoms with van der Waals surface area (Å²) in [6.45, 7) is 7.68. The molecule has 1 amide bonds. The molecule has 1 unspecified atom stereocenters. The zero-order valence-corrected chi connectivity index (χ0v) is 24.8. The minimum Gasteiger partial charge on any atom is -0.487 e. The van der Waals surface area contributed by atoms with Crippen molar-refractivity contribution < 1.29 is 22.7 Å². The molecular formula is C30H28Cl2N2O5S. The Hall–Kier alpha value is -3.33. The van der Waals surface area contributed by atoms with Crippen molar-refractivity contribution in [2.75, 3.05) is 0 Å². The SMILES string of the molecule is Cc1c(C)c2c(c(C)c1OCc1ccc3ccc(Cl)cc3n1)CCC(C)(C(=O)NS(=O)(=O)c1ccc(Cl)cc1)O2. The second-order valence-electron chi connectivity index (χ2n) is 10.2. The van der Waals surface area contributed by atoms with Crippen LogP contribution in [0, 0.1) is 20.8 Å². The third kappa shape index (κ3) is 5.36. The molecule has 0 aliphatic carbocycles. The van der Waals surface area contributed by atoms with E-state index in [9.17, 15) is 13.2 Å². The van der Waals surface area contributed by atoms with Crippen molar-refractivity contribution in [2.24, 2.45) is 0 Å². The maximum Gasteiger partial charge on any atom is 0.277 e. The number of carbonyl (C=O) groups excluding carboxylic acids is 1. The van der Waals surface area contributed by atoms with Crippen molar-refractivity contribution in [3.63, 3.8) is 0 Å². The second kappa shape index (κ2) is 10.6. The van der Waals surface area contributed by atoms with E-state index in [0.29, 0.717) is 22.2 Å². The van der Waals surface area contributed by atoms with Gasteiger partial charge in [-0.25, -0.2) is 18.1 Å². The minimum absolute atomic E-state index is 0.0567. The molecule has 0 saturated heterocycles. The van der Waals surface area contributed by atoms with Gasteiger partial charge in [0.25, 0.3) is 15.9 Å². The highest BCUT2D eigenvalue weighted by Crippen LogP contribution is 2.44. The fraction of sp³-hybridized carbons (Fsp3) is 0.267. The van der Waals surface area contributed by atoms with Gasteiger partial charge in [0.15, 0.2) is 5.60 Å². The van der Waals surface area contributed by atoms with Crippen LogP contribution in [0.15, 0.2) is 59.5 Å². The number of amides is 1. The van der Waals surface area contributed by atoms with Crippen molar-refractivity contribution >= 4 is 50.0 Å². The minimum atomic E-state index is -4.10. The number of ether oxygens (including phenoxy) is 2. The first-order valence-corrected chi connectivity index (χ1v) is 14.9. The molecule has 2 heterocycles. The molecule has 0 saturated carbocycles. The summed E-state index contributed by atoms with van der Waals surface area (Å²) in [5, 5.41) is 2.01. The Bertz CT molecular complexity index is 1760. The third-order valence-electron chi connectivity index (χ3n) is 7.40. The second-order valence-corrected chi connectivity index (χ2v) is 12.7. The van der Waals surface area contributed by atoms with Crippen LogP contribution in [0.2, 0.25) is 10.0 Å². The molecule has 0 spiro atoms. The normalized spacial score (nSPS) is 16.8. The van der Waals surface area contributed by atoms with Gasteiger partial charge in [0.2, 0.25) is 0 Å². The van der Waals surface area contributed by atoms with E-state index in [0.717, 1.165) is 44.6 Å². The molecule has 0 radical (unpaired) electrons. The Balaban J connectivity index is 1.37. The summed E-state index contributed by atoms with van der Waals surface area (Å²) in [6, 6.07) is 15.1. The van der Waals surface area contributed by atoms with Crippen LogP contribution in [0.4, 0.5) is 0 Å². The fourth-order valence-electron chi connectivity index (χ4n) is 4.87. The monoisotopic (exact) mass is 598 g/mol. The van der Waals surface area contributed by atoms with Gasteiger partial charge in [0, 0.05) is 27.4 Å². The Morgan fingerprint density at radius 2 is 1.68 bits per heavy atom. The van der Waals surface area contributed by atoms with E-state index in [1.54, 1.807) is 6.92 Å². The first kappa shape index (κ1) is 28.2. The van der Waals surface area contributed by atoms with E-state index < -0.39 is 21.5 Å². The molecule has 1 N–H and O–H groups in total. The summed E-state index contributed by atoms with van der Waals surface area (Å²) in [7, 11) is -4.10. The van der Waals surface area contributed by atoms with Crippen molar-refractivity contribution in [3.8, 4) is 11.5 Å². The number of hydrogen-bond donors (Lipinski definition) is 1.